The van der Waals surface area contributed by atoms with Crippen LogP contribution in [0.25, 0.3) is 33.5 Å². The second kappa shape index (κ2) is 9.94. The van der Waals surface area contributed by atoms with Gasteiger partial charge in [0.2, 0.25) is 0 Å². The van der Waals surface area contributed by atoms with E-state index >= 15 is 0 Å². The first kappa shape index (κ1) is 26.6. The third kappa shape index (κ3) is 4.60. The van der Waals surface area contributed by atoms with Gasteiger partial charge in [0.05, 0.1) is 18.3 Å². The van der Waals surface area contributed by atoms with Crippen molar-refractivity contribution < 1.29 is 19.4 Å². The maximum atomic E-state index is 13.7. The molecule has 1 aliphatic heterocycles. The van der Waals surface area contributed by atoms with Gasteiger partial charge in [0, 0.05) is 54.7 Å². The van der Waals surface area contributed by atoms with Gasteiger partial charge in [-0.25, -0.2) is 4.98 Å². The number of rotatable bonds is 5. The van der Waals surface area contributed by atoms with Crippen molar-refractivity contribution in [2.24, 2.45) is 7.05 Å². The van der Waals surface area contributed by atoms with E-state index in [2.05, 4.69) is 29.7 Å². The minimum absolute atomic E-state index is 0.165. The Hall–Kier alpha value is -4.01. The fourth-order valence-corrected chi connectivity index (χ4v) is 6.06. The molecule has 206 valence electrons. The van der Waals surface area contributed by atoms with Crippen molar-refractivity contribution in [1.29, 1.82) is 0 Å². The highest BCUT2D eigenvalue weighted by Gasteiger charge is 2.34. The Morgan fingerprint density at radius 3 is 2.59 bits per heavy atom. The smallest absolute Gasteiger partial charge is 0.254 e. The molecule has 0 bridgehead atoms. The first-order valence-corrected chi connectivity index (χ1v) is 13.5. The third-order valence-corrected chi connectivity index (χ3v) is 7.73. The summed E-state index contributed by atoms with van der Waals surface area (Å²) in [4.78, 5) is 33.8. The number of nitrogens with zero attached hydrogens (tertiary/aromatic N) is 5. The molecule has 1 unspecified atom stereocenters. The standard InChI is InChI=1S/C30H37N5O4/c1-7-34-23-13-9-8-11-19(23)16-24(34)27-31-22-15-20(17-25(39-6)26(22)32(27)5)28(36)33-14-10-12-21(18-33)35(29(37)38)30(2,3)4/h8-9,11,13,15-17,21H,7,10,12,14,18H2,1-6H3,(H,37,38)/p-1. The highest BCUT2D eigenvalue weighted by atomic mass is 16.5. The monoisotopic (exact) mass is 530 g/mol. The minimum Gasteiger partial charge on any atom is -0.530 e. The SMILES string of the molecule is CCn1c(-c2nc3cc(C(=O)N4CCCC(N(C(=O)[O-])C(C)(C)C)C4)cc(OC)c3n2C)cc2ccccc21. The zero-order valence-corrected chi connectivity index (χ0v) is 23.5. The summed E-state index contributed by atoms with van der Waals surface area (Å²) in [6, 6.07) is 13.7. The number of amides is 2. The van der Waals surface area contributed by atoms with Crippen LogP contribution in [0.3, 0.4) is 0 Å². The molecule has 1 saturated heterocycles. The molecule has 0 spiro atoms. The molecule has 2 aromatic carbocycles. The predicted octanol–water partition coefficient (Wildman–Crippen LogP) is 4.27. The summed E-state index contributed by atoms with van der Waals surface area (Å²) in [6.45, 7) is 9.32. The number of fused-ring (bicyclic) bond motifs is 2. The van der Waals surface area contributed by atoms with Crippen molar-refractivity contribution >= 4 is 33.9 Å². The van der Waals surface area contributed by atoms with Crippen LogP contribution in [0.5, 0.6) is 5.75 Å². The number of methoxy groups -OCH3 is 1. The van der Waals surface area contributed by atoms with Gasteiger partial charge in [-0.2, -0.15) is 0 Å². The molecule has 0 aliphatic carbocycles. The number of aryl methyl sites for hydroxylation is 2. The van der Waals surface area contributed by atoms with Crippen molar-refractivity contribution in [3.8, 4) is 17.3 Å². The molecule has 39 heavy (non-hydrogen) atoms. The van der Waals surface area contributed by atoms with E-state index < -0.39 is 11.6 Å². The molecule has 1 fully saturated rings. The van der Waals surface area contributed by atoms with Gasteiger partial charge < -0.3 is 33.6 Å². The highest BCUT2D eigenvalue weighted by molar-refractivity contribution is 6.00. The first-order valence-electron chi connectivity index (χ1n) is 13.5. The molecule has 3 heterocycles. The Labute approximate surface area is 228 Å². The lowest BCUT2D eigenvalue weighted by Crippen LogP contribution is -2.61. The minimum atomic E-state index is -1.21. The fourth-order valence-electron chi connectivity index (χ4n) is 6.06. The van der Waals surface area contributed by atoms with Gasteiger partial charge in [-0.05, 0) is 64.8 Å². The number of piperidine rings is 1. The lowest BCUT2D eigenvalue weighted by Gasteiger charge is -2.47. The number of imidazole rings is 1. The van der Waals surface area contributed by atoms with E-state index in [1.807, 2.05) is 50.6 Å². The van der Waals surface area contributed by atoms with Gasteiger partial charge in [-0.3, -0.25) is 4.79 Å². The highest BCUT2D eigenvalue weighted by Crippen LogP contribution is 2.35. The number of hydrogen-bond donors (Lipinski definition) is 0. The van der Waals surface area contributed by atoms with Gasteiger partial charge in [0.1, 0.15) is 17.4 Å². The van der Waals surface area contributed by atoms with Crippen molar-refractivity contribution in [2.45, 2.75) is 58.7 Å². The van der Waals surface area contributed by atoms with Crippen LogP contribution in [-0.4, -0.2) is 67.7 Å². The summed E-state index contributed by atoms with van der Waals surface area (Å²) >= 11 is 0. The first-order chi connectivity index (χ1) is 18.5. The topological polar surface area (TPSA) is 95.7 Å². The Balaban J connectivity index is 1.53. The average molecular weight is 531 g/mol. The summed E-state index contributed by atoms with van der Waals surface area (Å²) in [5, 5.41) is 13.1. The van der Waals surface area contributed by atoms with Crippen molar-refractivity contribution in [3.05, 3.63) is 48.0 Å². The number of hydrogen-bond acceptors (Lipinski definition) is 5. The van der Waals surface area contributed by atoms with Crippen LogP contribution in [0.1, 0.15) is 50.9 Å². The molecule has 9 nitrogen and oxygen atoms in total. The normalized spacial score (nSPS) is 16.2. The summed E-state index contributed by atoms with van der Waals surface area (Å²) in [7, 11) is 3.55. The number of aromatic nitrogens is 3. The summed E-state index contributed by atoms with van der Waals surface area (Å²) in [5.41, 5.74) is 3.47. The number of likely N-dealkylation sites (tertiary alicyclic amines) is 1. The zero-order valence-electron chi connectivity index (χ0n) is 23.5. The van der Waals surface area contributed by atoms with Gasteiger partial charge in [-0.1, -0.05) is 18.2 Å². The van der Waals surface area contributed by atoms with Gasteiger partial charge in [-0.15, -0.1) is 0 Å². The Morgan fingerprint density at radius 1 is 1.18 bits per heavy atom. The number of carbonyl (C=O) groups excluding carboxylic acids is 2. The van der Waals surface area contributed by atoms with E-state index in [4.69, 9.17) is 9.72 Å². The largest absolute Gasteiger partial charge is 0.530 e. The van der Waals surface area contributed by atoms with Crippen LogP contribution in [0, 0.1) is 0 Å². The van der Waals surface area contributed by atoms with Gasteiger partial charge in [0.15, 0.2) is 5.82 Å². The van der Waals surface area contributed by atoms with E-state index in [0.717, 1.165) is 34.5 Å². The van der Waals surface area contributed by atoms with Crippen LogP contribution in [-0.2, 0) is 13.6 Å². The van der Waals surface area contributed by atoms with Crippen LogP contribution in [0.4, 0.5) is 4.79 Å². The van der Waals surface area contributed by atoms with Crippen molar-refractivity contribution in [1.82, 2.24) is 23.9 Å². The number of carboxylic acid groups (broad SMARTS) is 1. The quantitative estimate of drug-likeness (QED) is 0.384. The second-order valence-corrected chi connectivity index (χ2v) is 11.2. The molecule has 1 aliphatic rings. The molecule has 0 N–H and O–H groups in total. The second-order valence-electron chi connectivity index (χ2n) is 11.2. The van der Waals surface area contributed by atoms with Crippen LogP contribution in [0.15, 0.2) is 42.5 Å². The molecule has 4 aromatic rings. The predicted molar refractivity (Wildman–Crippen MR) is 150 cm³/mol. The summed E-state index contributed by atoms with van der Waals surface area (Å²) in [6.07, 6.45) is 0.188. The third-order valence-electron chi connectivity index (χ3n) is 7.73. The van der Waals surface area contributed by atoms with E-state index in [9.17, 15) is 14.7 Å². The molecule has 1 atom stereocenters. The summed E-state index contributed by atoms with van der Waals surface area (Å²) in [5.74, 6) is 1.19. The van der Waals surface area contributed by atoms with Crippen molar-refractivity contribution in [2.75, 3.05) is 20.2 Å². The van der Waals surface area contributed by atoms with E-state index in [0.29, 0.717) is 42.8 Å². The van der Waals surface area contributed by atoms with Gasteiger partial charge in [0.25, 0.3) is 5.91 Å². The van der Waals surface area contributed by atoms with Gasteiger partial charge >= 0.3 is 0 Å². The molecule has 0 saturated carbocycles. The number of benzene rings is 2. The number of ether oxygens (including phenoxy) is 1. The van der Waals surface area contributed by atoms with Crippen molar-refractivity contribution in [3.63, 3.8) is 0 Å². The molecular formula is C30H36N5O4-. The maximum Gasteiger partial charge on any atom is 0.254 e. The van der Waals surface area contributed by atoms with E-state index in [1.54, 1.807) is 18.1 Å². The molecule has 2 amide bonds. The van der Waals surface area contributed by atoms with Crippen LogP contribution in [0.2, 0.25) is 0 Å². The maximum absolute atomic E-state index is 13.7. The number of carbonyl (C=O) groups is 2. The molecule has 0 radical (unpaired) electrons. The zero-order chi connectivity index (χ0) is 28.1. The lowest BCUT2D eigenvalue weighted by molar-refractivity contribution is -0.274. The van der Waals surface area contributed by atoms with Crippen LogP contribution >= 0.6 is 0 Å². The fraction of sp³-hybridized carbons (Fsp3) is 0.433. The molecular weight excluding hydrogens is 494 g/mol. The molecule has 5 rings (SSSR count). The lowest BCUT2D eigenvalue weighted by atomic mass is 9.97. The number of para-hydroxylation sites is 1. The van der Waals surface area contributed by atoms with E-state index in [-0.39, 0.29) is 11.9 Å². The Kier molecular flexibility index (Phi) is 6.78. The molecule has 2 aromatic heterocycles. The average Bonchev–Trinajstić information content (AvgIpc) is 3.43. The summed E-state index contributed by atoms with van der Waals surface area (Å²) < 4.78 is 10.0. The van der Waals surface area contributed by atoms with E-state index in [1.165, 1.54) is 4.90 Å². The molecule has 9 heteroatoms. The Bertz CT molecular complexity index is 1560. The van der Waals surface area contributed by atoms with Crippen LogP contribution < -0.4 is 9.84 Å². The Morgan fingerprint density at radius 2 is 1.92 bits per heavy atom.